The SMILES string of the molecule is CCCCC1CCC(C(=O)Nc2nnc(SCc3ccc(C)cc3)s2)CC1. The molecule has 0 spiro atoms. The number of thioether (sulfide) groups is 1. The molecule has 1 fully saturated rings. The third kappa shape index (κ3) is 6.32. The van der Waals surface area contributed by atoms with Crippen LogP contribution in [-0.2, 0) is 10.5 Å². The highest BCUT2D eigenvalue weighted by atomic mass is 32.2. The highest BCUT2D eigenvalue weighted by Crippen LogP contribution is 2.33. The summed E-state index contributed by atoms with van der Waals surface area (Å²) in [6.07, 6.45) is 8.29. The zero-order valence-electron chi connectivity index (χ0n) is 16.2. The van der Waals surface area contributed by atoms with Crippen LogP contribution in [0.25, 0.3) is 0 Å². The van der Waals surface area contributed by atoms with Crippen LogP contribution >= 0.6 is 23.1 Å². The van der Waals surface area contributed by atoms with Gasteiger partial charge in [-0.15, -0.1) is 10.2 Å². The van der Waals surface area contributed by atoms with Crippen LogP contribution in [0.1, 0.15) is 63.0 Å². The average Bonchev–Trinajstić information content (AvgIpc) is 3.13. The van der Waals surface area contributed by atoms with Crippen LogP contribution < -0.4 is 5.32 Å². The van der Waals surface area contributed by atoms with Crippen LogP contribution in [-0.4, -0.2) is 16.1 Å². The molecule has 146 valence electrons. The molecular formula is C21H29N3OS2. The molecule has 1 aliphatic carbocycles. The van der Waals surface area contributed by atoms with E-state index in [-0.39, 0.29) is 11.8 Å². The van der Waals surface area contributed by atoms with Crippen LogP contribution in [0.5, 0.6) is 0 Å². The van der Waals surface area contributed by atoms with Gasteiger partial charge in [0.2, 0.25) is 11.0 Å². The summed E-state index contributed by atoms with van der Waals surface area (Å²) in [5, 5.41) is 12.0. The standard InChI is InChI=1S/C21H29N3OS2/c1-3-4-5-16-10-12-18(13-11-16)19(25)22-20-23-24-21(27-20)26-14-17-8-6-15(2)7-9-17/h6-9,16,18H,3-5,10-14H2,1-2H3,(H,22,23,25). The zero-order chi connectivity index (χ0) is 19.1. The maximum absolute atomic E-state index is 12.5. The molecule has 6 heteroatoms. The number of rotatable bonds is 8. The number of amides is 1. The smallest absolute Gasteiger partial charge is 0.229 e. The van der Waals surface area contributed by atoms with Crippen molar-refractivity contribution in [2.75, 3.05) is 5.32 Å². The highest BCUT2D eigenvalue weighted by molar-refractivity contribution is 8.00. The minimum atomic E-state index is 0.121. The molecule has 0 aliphatic heterocycles. The molecule has 27 heavy (non-hydrogen) atoms. The Morgan fingerprint density at radius 2 is 1.93 bits per heavy atom. The Bertz CT molecular complexity index is 721. The topological polar surface area (TPSA) is 54.9 Å². The van der Waals surface area contributed by atoms with Gasteiger partial charge in [0.05, 0.1) is 0 Å². The average molecular weight is 404 g/mol. The third-order valence-corrected chi connectivity index (χ3v) is 7.35. The molecule has 1 aromatic heterocycles. The Morgan fingerprint density at radius 3 is 2.63 bits per heavy atom. The molecular weight excluding hydrogens is 374 g/mol. The lowest BCUT2D eigenvalue weighted by atomic mass is 9.79. The van der Waals surface area contributed by atoms with Crippen LogP contribution in [0.2, 0.25) is 0 Å². The van der Waals surface area contributed by atoms with Gasteiger partial charge in [0.15, 0.2) is 4.34 Å². The van der Waals surface area contributed by atoms with E-state index in [9.17, 15) is 4.79 Å². The number of nitrogens with zero attached hydrogens (tertiary/aromatic N) is 2. The van der Waals surface area contributed by atoms with Crippen molar-refractivity contribution in [3.8, 4) is 0 Å². The molecule has 2 aromatic rings. The van der Waals surface area contributed by atoms with E-state index in [1.807, 2.05) is 0 Å². The molecule has 0 atom stereocenters. The lowest BCUT2D eigenvalue weighted by Crippen LogP contribution is -2.27. The molecule has 1 aromatic carbocycles. The predicted molar refractivity (Wildman–Crippen MR) is 114 cm³/mol. The molecule has 0 radical (unpaired) electrons. The number of anilines is 1. The minimum Gasteiger partial charge on any atom is -0.300 e. The maximum atomic E-state index is 12.5. The van der Waals surface area contributed by atoms with Gasteiger partial charge in [0.1, 0.15) is 0 Å². The first-order valence-electron chi connectivity index (χ1n) is 9.96. The van der Waals surface area contributed by atoms with Gasteiger partial charge < -0.3 is 5.32 Å². The summed E-state index contributed by atoms with van der Waals surface area (Å²) < 4.78 is 0.897. The summed E-state index contributed by atoms with van der Waals surface area (Å²) in [5.74, 6) is 1.94. The normalized spacial score (nSPS) is 19.8. The monoisotopic (exact) mass is 403 g/mol. The number of carbonyl (C=O) groups is 1. The van der Waals surface area contributed by atoms with E-state index in [1.54, 1.807) is 11.8 Å². The fourth-order valence-electron chi connectivity index (χ4n) is 3.56. The zero-order valence-corrected chi connectivity index (χ0v) is 17.9. The van der Waals surface area contributed by atoms with Crippen molar-refractivity contribution in [1.82, 2.24) is 10.2 Å². The molecule has 4 nitrogen and oxygen atoms in total. The number of nitrogens with one attached hydrogen (secondary N) is 1. The fourth-order valence-corrected chi connectivity index (χ4v) is 5.27. The van der Waals surface area contributed by atoms with E-state index in [0.717, 1.165) is 28.9 Å². The van der Waals surface area contributed by atoms with Gasteiger partial charge in [-0.2, -0.15) is 0 Å². The van der Waals surface area contributed by atoms with E-state index in [4.69, 9.17) is 0 Å². The van der Waals surface area contributed by atoms with Crippen LogP contribution in [0.3, 0.4) is 0 Å². The largest absolute Gasteiger partial charge is 0.300 e. The van der Waals surface area contributed by atoms with Gasteiger partial charge in [-0.3, -0.25) is 4.79 Å². The van der Waals surface area contributed by atoms with E-state index in [1.165, 1.54) is 54.6 Å². The Kier molecular flexibility index (Phi) is 7.70. The van der Waals surface area contributed by atoms with Crippen LogP contribution in [0.4, 0.5) is 5.13 Å². The first kappa shape index (κ1) is 20.3. The summed E-state index contributed by atoms with van der Waals surface area (Å²) in [6.45, 7) is 4.34. The molecule has 1 amide bonds. The second-order valence-electron chi connectivity index (χ2n) is 7.50. The number of aryl methyl sites for hydroxylation is 1. The lowest BCUT2D eigenvalue weighted by molar-refractivity contribution is -0.121. The Balaban J connectivity index is 1.43. The molecule has 1 N–H and O–H groups in total. The van der Waals surface area contributed by atoms with Crippen LogP contribution in [0.15, 0.2) is 28.6 Å². The number of hydrogen-bond donors (Lipinski definition) is 1. The van der Waals surface area contributed by atoms with E-state index >= 15 is 0 Å². The number of carbonyl (C=O) groups excluding carboxylic acids is 1. The lowest BCUT2D eigenvalue weighted by Gasteiger charge is -2.27. The second kappa shape index (κ2) is 10.2. The van der Waals surface area contributed by atoms with Gasteiger partial charge in [-0.05, 0) is 44.1 Å². The molecule has 0 saturated heterocycles. The molecule has 0 unspecified atom stereocenters. The van der Waals surface area contributed by atoms with Crippen molar-refractivity contribution >= 4 is 34.1 Å². The molecule has 3 rings (SSSR count). The first-order chi connectivity index (χ1) is 13.1. The van der Waals surface area contributed by atoms with Crippen molar-refractivity contribution in [1.29, 1.82) is 0 Å². The van der Waals surface area contributed by atoms with Gasteiger partial charge in [0.25, 0.3) is 0 Å². The molecule has 1 aliphatic rings. The van der Waals surface area contributed by atoms with E-state index < -0.39 is 0 Å². The number of benzene rings is 1. The van der Waals surface area contributed by atoms with Crippen molar-refractivity contribution in [3.63, 3.8) is 0 Å². The summed E-state index contributed by atoms with van der Waals surface area (Å²) in [4.78, 5) is 12.5. The van der Waals surface area contributed by atoms with Gasteiger partial charge in [0, 0.05) is 11.7 Å². The summed E-state index contributed by atoms with van der Waals surface area (Å²) in [6, 6.07) is 8.53. The van der Waals surface area contributed by atoms with Gasteiger partial charge >= 0.3 is 0 Å². The minimum absolute atomic E-state index is 0.121. The first-order valence-corrected chi connectivity index (χ1v) is 11.8. The van der Waals surface area contributed by atoms with Crippen molar-refractivity contribution in [2.45, 2.75) is 68.9 Å². The predicted octanol–water partition coefficient (Wildman–Crippen LogP) is 6.07. The highest BCUT2D eigenvalue weighted by Gasteiger charge is 2.26. The summed E-state index contributed by atoms with van der Waals surface area (Å²) in [7, 11) is 0. The number of aromatic nitrogens is 2. The van der Waals surface area contributed by atoms with Crippen molar-refractivity contribution in [3.05, 3.63) is 35.4 Å². The van der Waals surface area contributed by atoms with E-state index in [2.05, 4.69) is 53.6 Å². The number of hydrogen-bond acceptors (Lipinski definition) is 5. The molecule has 1 heterocycles. The van der Waals surface area contributed by atoms with Gasteiger partial charge in [-0.25, -0.2) is 0 Å². The van der Waals surface area contributed by atoms with Crippen LogP contribution in [0, 0.1) is 18.8 Å². The Labute approximate surface area is 170 Å². The second-order valence-corrected chi connectivity index (χ2v) is 9.70. The van der Waals surface area contributed by atoms with Crippen molar-refractivity contribution in [2.24, 2.45) is 11.8 Å². The fraction of sp³-hybridized carbons (Fsp3) is 0.571. The third-order valence-electron chi connectivity index (χ3n) is 5.30. The van der Waals surface area contributed by atoms with E-state index in [0.29, 0.717) is 5.13 Å². The molecule has 1 saturated carbocycles. The Hall–Kier alpha value is -1.40. The summed E-state index contributed by atoms with van der Waals surface area (Å²) >= 11 is 3.13. The Morgan fingerprint density at radius 1 is 1.19 bits per heavy atom. The molecule has 0 bridgehead atoms. The van der Waals surface area contributed by atoms with Gasteiger partial charge in [-0.1, -0.05) is 79.1 Å². The van der Waals surface area contributed by atoms with Crippen molar-refractivity contribution < 1.29 is 4.79 Å². The summed E-state index contributed by atoms with van der Waals surface area (Å²) in [5.41, 5.74) is 2.54. The number of unbranched alkanes of at least 4 members (excludes halogenated alkanes) is 1. The maximum Gasteiger partial charge on any atom is 0.229 e. The quantitative estimate of drug-likeness (QED) is 0.429.